The van der Waals surface area contributed by atoms with Crippen LogP contribution in [0, 0.1) is 0 Å². The Morgan fingerprint density at radius 1 is 1.25 bits per heavy atom. The molecular weight excluding hydrogens is 313 g/mol. The summed E-state index contributed by atoms with van der Waals surface area (Å²) >= 11 is 0. The van der Waals surface area contributed by atoms with Gasteiger partial charge in [0.2, 0.25) is 0 Å². The van der Waals surface area contributed by atoms with Crippen molar-refractivity contribution >= 4 is 32.2 Å². The quantitative estimate of drug-likeness (QED) is 0.484. The molecule has 0 aliphatic heterocycles. The Hall–Kier alpha value is 0.233. The topological polar surface area (TPSA) is 132 Å². The van der Waals surface area contributed by atoms with Gasteiger partial charge in [-0.3, -0.25) is 4.79 Å². The van der Waals surface area contributed by atoms with Crippen molar-refractivity contribution in [1.29, 1.82) is 0 Å². The van der Waals surface area contributed by atoms with Crippen LogP contribution in [0.15, 0.2) is 0 Å². The van der Waals surface area contributed by atoms with Gasteiger partial charge in [0, 0.05) is 33.1 Å². The monoisotopic (exact) mass is 323 g/mol. The Morgan fingerprint density at radius 2 is 1.25 bits per heavy atom. The first-order chi connectivity index (χ1) is 1.73. The van der Waals surface area contributed by atoms with Gasteiger partial charge in [-0.1, -0.05) is 0 Å². The van der Waals surface area contributed by atoms with E-state index in [1.165, 1.54) is 0 Å². The van der Waals surface area contributed by atoms with Crippen LogP contribution in [0.5, 0.6) is 0 Å². The molecule has 0 amide bonds. The van der Waals surface area contributed by atoms with Gasteiger partial charge in [0.1, 0.15) is 0 Å². The second-order valence-corrected chi connectivity index (χ2v) is 0.519. The molecule has 0 saturated heterocycles. The second-order valence-electron chi connectivity index (χ2n) is 0.519. The van der Waals surface area contributed by atoms with Crippen molar-refractivity contribution in [3.8, 4) is 0 Å². The molecule has 0 bridgehead atoms. The van der Waals surface area contributed by atoms with Crippen molar-refractivity contribution in [1.82, 2.24) is 0 Å². The molecule has 3 radical (unpaired) electrons. The van der Waals surface area contributed by atoms with Gasteiger partial charge in [0.15, 0.2) is 0 Å². The maximum Gasteiger partial charge on any atom is 0.300 e. The van der Waals surface area contributed by atoms with E-state index in [0.717, 1.165) is 6.92 Å². The van der Waals surface area contributed by atoms with Crippen LogP contribution in [0.1, 0.15) is 6.92 Å². The standard InChI is InChI=1S/C2H4O2.Bi.3H2O/c1-2(3)4;;;;/h1H3,(H,3,4);;3*1H2. The molecule has 53 valence electrons. The van der Waals surface area contributed by atoms with Crippen LogP contribution in [0.25, 0.3) is 0 Å². The average Bonchev–Trinajstić information content (AvgIpc) is 0.811. The first-order valence-electron chi connectivity index (χ1n) is 0.928. The summed E-state index contributed by atoms with van der Waals surface area (Å²) in [6.07, 6.45) is 0. The van der Waals surface area contributed by atoms with E-state index >= 15 is 0 Å². The van der Waals surface area contributed by atoms with Crippen molar-refractivity contribution in [3.63, 3.8) is 0 Å². The Kier molecular flexibility index (Phi) is 138. The van der Waals surface area contributed by atoms with Crippen molar-refractivity contribution in [2.45, 2.75) is 6.92 Å². The summed E-state index contributed by atoms with van der Waals surface area (Å²) in [7, 11) is 0. The minimum absolute atomic E-state index is 0. The largest absolute Gasteiger partial charge is 0.481 e. The average molecular weight is 323 g/mol. The molecule has 0 rings (SSSR count). The van der Waals surface area contributed by atoms with Crippen molar-refractivity contribution in [3.05, 3.63) is 0 Å². The first kappa shape index (κ1) is 41.2. The molecule has 8 heavy (non-hydrogen) atoms. The third kappa shape index (κ3) is 3140. The molecule has 0 heterocycles. The molecule has 0 aliphatic rings. The van der Waals surface area contributed by atoms with Crippen LogP contribution in [-0.2, 0) is 4.79 Å². The fourth-order valence-corrected chi connectivity index (χ4v) is 0. The molecular formula is C2H10BiO5. The van der Waals surface area contributed by atoms with Crippen molar-refractivity contribution in [2.24, 2.45) is 0 Å². The maximum atomic E-state index is 9.00. The number of carboxylic acid groups (broad SMARTS) is 1. The molecule has 0 fully saturated rings. The predicted molar refractivity (Wildman–Crippen MR) is 29.9 cm³/mol. The van der Waals surface area contributed by atoms with Gasteiger partial charge in [-0.2, -0.15) is 0 Å². The van der Waals surface area contributed by atoms with Gasteiger partial charge in [-0.05, 0) is 0 Å². The van der Waals surface area contributed by atoms with Crippen LogP contribution < -0.4 is 0 Å². The van der Waals surface area contributed by atoms with Gasteiger partial charge in [-0.15, -0.1) is 0 Å². The Balaban J connectivity index is -0.00000000750. The number of hydrogen-bond acceptors (Lipinski definition) is 1. The number of aliphatic carboxylic acids is 1. The summed E-state index contributed by atoms with van der Waals surface area (Å²) in [5.41, 5.74) is 0. The minimum atomic E-state index is -0.833. The van der Waals surface area contributed by atoms with Gasteiger partial charge < -0.3 is 21.5 Å². The molecule has 0 aromatic carbocycles. The molecule has 6 heteroatoms. The van der Waals surface area contributed by atoms with Crippen molar-refractivity contribution in [2.75, 3.05) is 0 Å². The van der Waals surface area contributed by atoms with Gasteiger partial charge in [0.25, 0.3) is 5.97 Å². The van der Waals surface area contributed by atoms with E-state index in [2.05, 4.69) is 0 Å². The number of rotatable bonds is 0. The van der Waals surface area contributed by atoms with E-state index in [4.69, 9.17) is 9.90 Å². The van der Waals surface area contributed by atoms with Crippen LogP contribution in [0.4, 0.5) is 0 Å². The first-order valence-corrected chi connectivity index (χ1v) is 0.928. The summed E-state index contributed by atoms with van der Waals surface area (Å²) in [6, 6.07) is 0. The molecule has 0 aromatic heterocycles. The fraction of sp³-hybridized carbons (Fsp3) is 0.500. The van der Waals surface area contributed by atoms with Crippen LogP contribution in [0.3, 0.4) is 0 Å². The molecule has 0 saturated carbocycles. The molecule has 0 unspecified atom stereocenters. The van der Waals surface area contributed by atoms with Crippen LogP contribution in [-0.4, -0.2) is 53.7 Å². The Bertz CT molecular complexity index is 33.4. The third-order valence-electron chi connectivity index (χ3n) is 0. The molecule has 0 aromatic rings. The molecule has 0 aliphatic carbocycles. The van der Waals surface area contributed by atoms with E-state index in [9.17, 15) is 0 Å². The number of carbonyl (C=O) groups is 1. The van der Waals surface area contributed by atoms with E-state index < -0.39 is 5.97 Å². The van der Waals surface area contributed by atoms with E-state index in [-0.39, 0.29) is 42.6 Å². The molecule has 0 spiro atoms. The van der Waals surface area contributed by atoms with Crippen molar-refractivity contribution < 1.29 is 26.3 Å². The zero-order valence-electron chi connectivity index (χ0n) is 4.30. The fourth-order valence-electron chi connectivity index (χ4n) is 0. The second kappa shape index (κ2) is 26.9. The Morgan fingerprint density at radius 3 is 1.25 bits per heavy atom. The smallest absolute Gasteiger partial charge is 0.300 e. The summed E-state index contributed by atoms with van der Waals surface area (Å²) in [4.78, 5) is 9.00. The number of hydrogen-bond donors (Lipinski definition) is 1. The molecule has 7 N–H and O–H groups in total. The van der Waals surface area contributed by atoms with E-state index in [1.807, 2.05) is 0 Å². The zero-order chi connectivity index (χ0) is 3.58. The third-order valence-corrected chi connectivity index (χ3v) is 0. The summed E-state index contributed by atoms with van der Waals surface area (Å²) in [6.45, 7) is 1.08. The summed E-state index contributed by atoms with van der Waals surface area (Å²) in [5, 5.41) is 7.42. The summed E-state index contributed by atoms with van der Waals surface area (Å²) < 4.78 is 0. The van der Waals surface area contributed by atoms with Crippen LogP contribution in [0.2, 0.25) is 0 Å². The summed E-state index contributed by atoms with van der Waals surface area (Å²) in [5.74, 6) is -0.833. The predicted octanol–water partition coefficient (Wildman–Crippen LogP) is -2.76. The van der Waals surface area contributed by atoms with Gasteiger partial charge in [-0.25, -0.2) is 0 Å². The Labute approximate surface area is 65.8 Å². The number of carboxylic acids is 1. The molecule has 0 atom stereocenters. The van der Waals surface area contributed by atoms with E-state index in [1.54, 1.807) is 0 Å². The van der Waals surface area contributed by atoms with Gasteiger partial charge in [0.05, 0.1) is 0 Å². The normalized spacial score (nSPS) is 3.12. The van der Waals surface area contributed by atoms with Gasteiger partial charge >= 0.3 is 0 Å². The maximum absolute atomic E-state index is 9.00. The van der Waals surface area contributed by atoms with Crippen LogP contribution >= 0.6 is 0 Å². The van der Waals surface area contributed by atoms with E-state index in [0.29, 0.717) is 0 Å². The zero-order valence-corrected chi connectivity index (χ0v) is 7.78. The minimum Gasteiger partial charge on any atom is -0.481 e. The molecule has 5 nitrogen and oxygen atoms in total. The SMILES string of the molecule is CC(=O)O.O.O.O.[Bi].